The van der Waals surface area contributed by atoms with E-state index in [0.717, 1.165) is 0 Å². The topological polar surface area (TPSA) is 67.9 Å². The molecule has 0 saturated carbocycles. The molecule has 1 aromatic rings. The molecule has 7 heteroatoms. The number of amidine groups is 1. The maximum Gasteiger partial charge on any atom is 0.346 e. The van der Waals surface area contributed by atoms with Gasteiger partial charge in [0.15, 0.2) is 0 Å². The number of rotatable bonds is 4. The summed E-state index contributed by atoms with van der Waals surface area (Å²) in [6.07, 6.45) is 0. The molecule has 0 bridgehead atoms. The minimum absolute atomic E-state index is 0.0716. The van der Waals surface area contributed by atoms with Gasteiger partial charge in [-0.25, -0.2) is 9.18 Å². The second kappa shape index (κ2) is 5.54. The highest BCUT2D eigenvalue weighted by Gasteiger charge is 2.35. The summed E-state index contributed by atoms with van der Waals surface area (Å²) in [7, 11) is 1.52. The number of urea groups is 1. The van der Waals surface area contributed by atoms with Crippen LogP contribution >= 0.6 is 11.6 Å². The molecule has 5 nitrogen and oxygen atoms in total. The van der Waals surface area contributed by atoms with Gasteiger partial charge in [-0.15, -0.1) is 0 Å². The number of aliphatic imine (C=N–C) groups is 1. The summed E-state index contributed by atoms with van der Waals surface area (Å²) >= 11 is 5.71. The van der Waals surface area contributed by atoms with Gasteiger partial charge in [-0.05, 0) is 12.1 Å². The first-order valence-electron chi connectivity index (χ1n) is 5.63. The highest BCUT2D eigenvalue weighted by molar-refractivity contribution is 6.30. The number of hydrogen-bond donors (Lipinski definition) is 1. The van der Waals surface area contributed by atoms with E-state index in [4.69, 9.17) is 22.1 Å². The molecule has 0 fully saturated rings. The van der Waals surface area contributed by atoms with Crippen LogP contribution in [0.25, 0.3) is 0 Å². The molecule has 1 aliphatic heterocycles. The molecule has 0 spiro atoms. The fourth-order valence-electron chi connectivity index (χ4n) is 1.97. The number of carbonyl (C=O) groups excluding carboxylic acids is 1. The molecular formula is C12H13ClFN3O2. The number of methoxy groups -OCH3 is 1. The predicted molar refractivity (Wildman–Crippen MR) is 69.8 cm³/mol. The summed E-state index contributed by atoms with van der Waals surface area (Å²) in [4.78, 5) is 16.7. The van der Waals surface area contributed by atoms with Gasteiger partial charge in [0, 0.05) is 24.2 Å². The molecule has 2 amide bonds. The minimum Gasteiger partial charge on any atom is -0.385 e. The first-order valence-corrected chi connectivity index (χ1v) is 6.01. The van der Waals surface area contributed by atoms with Gasteiger partial charge in [0.25, 0.3) is 0 Å². The Morgan fingerprint density at radius 3 is 2.95 bits per heavy atom. The van der Waals surface area contributed by atoms with Crippen LogP contribution in [0, 0.1) is 5.82 Å². The van der Waals surface area contributed by atoms with Gasteiger partial charge in [0.2, 0.25) is 0 Å². The zero-order chi connectivity index (χ0) is 14.0. The third-order valence-electron chi connectivity index (χ3n) is 2.86. The Kier molecular flexibility index (Phi) is 4.01. The lowest BCUT2D eigenvalue weighted by Gasteiger charge is -2.24. The van der Waals surface area contributed by atoms with Crippen LogP contribution in [-0.4, -0.2) is 37.0 Å². The molecular weight excluding hydrogens is 273 g/mol. The number of nitrogens with zero attached hydrogens (tertiary/aromatic N) is 2. The fourth-order valence-corrected chi connectivity index (χ4v) is 2.13. The van der Waals surface area contributed by atoms with Crippen LogP contribution in [0.15, 0.2) is 23.2 Å². The van der Waals surface area contributed by atoms with E-state index in [-0.39, 0.29) is 23.0 Å². The Morgan fingerprint density at radius 1 is 1.58 bits per heavy atom. The van der Waals surface area contributed by atoms with Crippen LogP contribution < -0.4 is 5.73 Å². The molecule has 1 unspecified atom stereocenters. The number of amides is 2. The van der Waals surface area contributed by atoms with E-state index in [1.807, 2.05) is 0 Å². The molecule has 19 heavy (non-hydrogen) atoms. The zero-order valence-corrected chi connectivity index (χ0v) is 11.0. The lowest BCUT2D eigenvalue weighted by atomic mass is 10.0. The van der Waals surface area contributed by atoms with Gasteiger partial charge in [-0.3, -0.25) is 0 Å². The van der Waals surface area contributed by atoms with Crippen LogP contribution in [-0.2, 0) is 4.74 Å². The summed E-state index contributed by atoms with van der Waals surface area (Å²) in [5.74, 6) is -0.449. The Hall–Kier alpha value is -1.66. The quantitative estimate of drug-likeness (QED) is 0.919. The van der Waals surface area contributed by atoms with Crippen LogP contribution in [0.4, 0.5) is 9.18 Å². The SMILES string of the molecule is COCCN1C(=O)N=C(N)C1c1ccc(Cl)cc1F. The van der Waals surface area contributed by atoms with Gasteiger partial charge in [-0.2, -0.15) is 4.99 Å². The van der Waals surface area contributed by atoms with Crippen molar-refractivity contribution in [2.24, 2.45) is 10.7 Å². The van der Waals surface area contributed by atoms with E-state index in [1.165, 1.54) is 24.1 Å². The van der Waals surface area contributed by atoms with Crippen molar-refractivity contribution in [3.63, 3.8) is 0 Å². The summed E-state index contributed by atoms with van der Waals surface area (Å²) in [5, 5.41) is 0.282. The maximum absolute atomic E-state index is 13.9. The zero-order valence-electron chi connectivity index (χ0n) is 10.3. The van der Waals surface area contributed by atoms with E-state index >= 15 is 0 Å². The smallest absolute Gasteiger partial charge is 0.346 e. The lowest BCUT2D eigenvalue weighted by Crippen LogP contribution is -2.36. The van der Waals surface area contributed by atoms with Gasteiger partial charge in [-0.1, -0.05) is 17.7 Å². The lowest BCUT2D eigenvalue weighted by molar-refractivity contribution is 0.150. The van der Waals surface area contributed by atoms with Crippen molar-refractivity contribution < 1.29 is 13.9 Å². The van der Waals surface area contributed by atoms with Crippen LogP contribution in [0.5, 0.6) is 0 Å². The predicted octanol–water partition coefficient (Wildman–Crippen LogP) is 1.96. The number of hydrogen-bond acceptors (Lipinski definition) is 3. The van der Waals surface area contributed by atoms with Gasteiger partial charge in [0.05, 0.1) is 6.61 Å². The average Bonchev–Trinajstić information content (AvgIpc) is 2.62. The Labute approximate surface area is 114 Å². The average molecular weight is 286 g/mol. The van der Waals surface area contributed by atoms with E-state index < -0.39 is 17.9 Å². The van der Waals surface area contributed by atoms with E-state index in [0.29, 0.717) is 6.61 Å². The van der Waals surface area contributed by atoms with Crippen molar-refractivity contribution in [2.45, 2.75) is 6.04 Å². The molecule has 102 valence electrons. The third kappa shape index (κ3) is 2.69. The standard InChI is InChI=1S/C12H13ClFN3O2/c1-19-5-4-17-10(11(15)16-12(17)18)8-3-2-7(13)6-9(8)14/h2-3,6,10H,4-5H2,1H3,(H2,15,16,18). The molecule has 1 aliphatic rings. The summed E-state index contributed by atoms with van der Waals surface area (Å²) in [6, 6.07) is 3.03. The van der Waals surface area contributed by atoms with E-state index in [1.54, 1.807) is 6.07 Å². The molecule has 0 saturated heterocycles. The highest BCUT2D eigenvalue weighted by Crippen LogP contribution is 2.29. The maximum atomic E-state index is 13.9. The normalized spacial score (nSPS) is 18.9. The number of carbonyl (C=O) groups is 1. The molecule has 0 aromatic heterocycles. The Balaban J connectivity index is 2.34. The molecule has 0 radical (unpaired) electrons. The largest absolute Gasteiger partial charge is 0.385 e. The third-order valence-corrected chi connectivity index (χ3v) is 3.09. The van der Waals surface area contributed by atoms with Gasteiger partial charge >= 0.3 is 6.03 Å². The van der Waals surface area contributed by atoms with Crippen molar-refractivity contribution >= 4 is 23.5 Å². The Bertz CT molecular complexity index is 536. The summed E-state index contributed by atoms with van der Waals surface area (Å²) < 4.78 is 18.9. The Morgan fingerprint density at radius 2 is 2.32 bits per heavy atom. The van der Waals surface area contributed by atoms with Crippen LogP contribution in [0.1, 0.15) is 11.6 Å². The van der Waals surface area contributed by atoms with Crippen molar-refractivity contribution in [2.75, 3.05) is 20.3 Å². The number of benzene rings is 1. The molecule has 1 atom stereocenters. The monoisotopic (exact) mass is 285 g/mol. The van der Waals surface area contributed by atoms with Crippen LogP contribution in [0.3, 0.4) is 0 Å². The van der Waals surface area contributed by atoms with E-state index in [9.17, 15) is 9.18 Å². The number of nitrogens with two attached hydrogens (primary N) is 1. The van der Waals surface area contributed by atoms with Gasteiger partial charge < -0.3 is 15.4 Å². The molecule has 1 aromatic carbocycles. The van der Waals surface area contributed by atoms with Crippen LogP contribution in [0.2, 0.25) is 5.02 Å². The fraction of sp³-hybridized carbons (Fsp3) is 0.333. The number of halogens is 2. The molecule has 2 N–H and O–H groups in total. The number of ether oxygens (including phenoxy) is 1. The highest BCUT2D eigenvalue weighted by atomic mass is 35.5. The molecule has 1 heterocycles. The summed E-state index contributed by atoms with van der Waals surface area (Å²) in [5.41, 5.74) is 5.99. The van der Waals surface area contributed by atoms with Crippen molar-refractivity contribution in [3.8, 4) is 0 Å². The first kappa shape index (κ1) is 13.8. The molecule has 2 rings (SSSR count). The van der Waals surface area contributed by atoms with Crippen molar-refractivity contribution in [3.05, 3.63) is 34.6 Å². The first-order chi connectivity index (χ1) is 9.04. The van der Waals surface area contributed by atoms with Crippen molar-refractivity contribution in [1.29, 1.82) is 0 Å². The minimum atomic E-state index is -0.708. The summed E-state index contributed by atoms with van der Waals surface area (Å²) in [6.45, 7) is 0.604. The molecule has 0 aliphatic carbocycles. The second-order valence-electron chi connectivity index (χ2n) is 4.07. The van der Waals surface area contributed by atoms with Gasteiger partial charge in [0.1, 0.15) is 17.7 Å². The van der Waals surface area contributed by atoms with E-state index in [2.05, 4.69) is 4.99 Å². The van der Waals surface area contributed by atoms with Crippen molar-refractivity contribution in [1.82, 2.24) is 4.90 Å². The second-order valence-corrected chi connectivity index (χ2v) is 4.51.